The summed E-state index contributed by atoms with van der Waals surface area (Å²) in [4.78, 5) is 14.9. The summed E-state index contributed by atoms with van der Waals surface area (Å²) in [7, 11) is -3.65. The van der Waals surface area contributed by atoms with Crippen LogP contribution in [0, 0.1) is 13.8 Å². The molecule has 2 aliphatic rings. The molecule has 0 spiro atoms. The largest absolute Gasteiger partial charge is 0.340 e. The normalized spacial score (nSPS) is 22.8. The van der Waals surface area contributed by atoms with Gasteiger partial charge in [-0.3, -0.25) is 4.79 Å². The number of thioether (sulfide) groups is 2. The maximum Gasteiger partial charge on any atom is 0.244 e. The molecule has 0 N–H and O–H groups in total. The van der Waals surface area contributed by atoms with Crippen LogP contribution >= 0.6 is 23.5 Å². The molecule has 1 amide bonds. The van der Waals surface area contributed by atoms with Crippen molar-refractivity contribution >= 4 is 39.5 Å². The first-order valence-electron chi connectivity index (χ1n) is 7.94. The van der Waals surface area contributed by atoms with Crippen molar-refractivity contribution in [2.45, 2.75) is 24.8 Å². The molecule has 24 heavy (non-hydrogen) atoms. The third kappa shape index (κ3) is 3.47. The molecule has 3 rings (SSSR count). The fourth-order valence-electron chi connectivity index (χ4n) is 2.86. The Bertz CT molecular complexity index is 730. The van der Waals surface area contributed by atoms with Crippen LogP contribution in [0.4, 0.5) is 0 Å². The number of hydrogen-bond acceptors (Lipinski definition) is 5. The van der Waals surface area contributed by atoms with E-state index in [4.69, 9.17) is 0 Å². The highest BCUT2D eigenvalue weighted by atomic mass is 32.2. The third-order valence-corrected chi connectivity index (χ3v) is 8.50. The summed E-state index contributed by atoms with van der Waals surface area (Å²) in [5.74, 6) is 2.68. The van der Waals surface area contributed by atoms with Crippen molar-refractivity contribution in [2.75, 3.05) is 36.2 Å². The molecular weight excluding hydrogens is 364 g/mol. The van der Waals surface area contributed by atoms with Gasteiger partial charge in [-0.25, -0.2) is 8.42 Å². The zero-order valence-electron chi connectivity index (χ0n) is 13.9. The van der Waals surface area contributed by atoms with Crippen LogP contribution in [0.5, 0.6) is 0 Å². The molecule has 0 aliphatic carbocycles. The summed E-state index contributed by atoms with van der Waals surface area (Å²) < 4.78 is 27.4. The number of aryl methyl sites for hydroxylation is 2. The Hall–Kier alpha value is -0.700. The van der Waals surface area contributed by atoms with Gasteiger partial charge in [0.1, 0.15) is 6.04 Å². The minimum Gasteiger partial charge on any atom is -0.340 e. The van der Waals surface area contributed by atoms with Crippen molar-refractivity contribution in [1.82, 2.24) is 9.21 Å². The molecule has 1 atom stereocenters. The third-order valence-electron chi connectivity index (χ3n) is 4.53. The lowest BCUT2D eigenvalue weighted by molar-refractivity contribution is -0.133. The van der Waals surface area contributed by atoms with E-state index in [1.807, 2.05) is 36.6 Å². The van der Waals surface area contributed by atoms with Crippen molar-refractivity contribution in [3.05, 3.63) is 29.3 Å². The lowest BCUT2D eigenvalue weighted by Gasteiger charge is -2.31. The Labute approximate surface area is 152 Å². The highest BCUT2D eigenvalue weighted by molar-refractivity contribution is 8.00. The number of carbonyl (C=O) groups excluding carboxylic acids is 1. The molecule has 0 saturated carbocycles. The van der Waals surface area contributed by atoms with E-state index >= 15 is 0 Å². The molecule has 132 valence electrons. The molecule has 0 radical (unpaired) electrons. The Morgan fingerprint density at radius 1 is 1.12 bits per heavy atom. The van der Waals surface area contributed by atoms with Gasteiger partial charge in [-0.05, 0) is 37.1 Å². The van der Waals surface area contributed by atoms with Gasteiger partial charge in [0.25, 0.3) is 0 Å². The van der Waals surface area contributed by atoms with Crippen LogP contribution < -0.4 is 0 Å². The number of hydrogen-bond donors (Lipinski definition) is 0. The Morgan fingerprint density at radius 3 is 2.50 bits per heavy atom. The van der Waals surface area contributed by atoms with Crippen molar-refractivity contribution in [3.63, 3.8) is 0 Å². The number of rotatable bonds is 3. The predicted octanol–water partition coefficient (Wildman–Crippen LogP) is 1.94. The first-order chi connectivity index (χ1) is 11.4. The fraction of sp³-hybridized carbons (Fsp3) is 0.562. The summed E-state index contributed by atoms with van der Waals surface area (Å²) in [6.07, 6.45) is 0. The Balaban J connectivity index is 1.85. The molecule has 2 heterocycles. The van der Waals surface area contributed by atoms with Gasteiger partial charge in [-0.15, -0.1) is 11.8 Å². The quantitative estimate of drug-likeness (QED) is 0.795. The van der Waals surface area contributed by atoms with Gasteiger partial charge in [-0.1, -0.05) is 6.07 Å². The maximum absolute atomic E-state index is 13.0. The lowest BCUT2D eigenvalue weighted by Crippen LogP contribution is -2.51. The molecule has 0 bridgehead atoms. The van der Waals surface area contributed by atoms with Gasteiger partial charge in [0.15, 0.2) is 0 Å². The standard InChI is InChI=1S/C16H22N2O3S3/c1-12-3-4-14(9-13(12)2)24(20,21)18-11-23-10-15(18)16(19)17-5-7-22-8-6-17/h3-4,9,15H,5-8,10-11H2,1-2H3. The summed E-state index contributed by atoms with van der Waals surface area (Å²) >= 11 is 3.34. The summed E-state index contributed by atoms with van der Waals surface area (Å²) in [5, 5.41) is 0. The van der Waals surface area contributed by atoms with Gasteiger partial charge in [-0.2, -0.15) is 16.1 Å². The zero-order chi connectivity index (χ0) is 17.3. The molecule has 5 nitrogen and oxygen atoms in total. The van der Waals surface area contributed by atoms with Gasteiger partial charge in [0, 0.05) is 30.3 Å². The van der Waals surface area contributed by atoms with Crippen molar-refractivity contribution in [1.29, 1.82) is 0 Å². The lowest BCUT2D eigenvalue weighted by atomic mass is 10.1. The van der Waals surface area contributed by atoms with Gasteiger partial charge in [0.05, 0.1) is 10.8 Å². The van der Waals surface area contributed by atoms with E-state index in [0.717, 1.165) is 22.6 Å². The molecule has 2 fully saturated rings. The van der Waals surface area contributed by atoms with Crippen LogP contribution in [0.1, 0.15) is 11.1 Å². The minimum absolute atomic E-state index is 0.0484. The number of benzene rings is 1. The summed E-state index contributed by atoms with van der Waals surface area (Å²) in [6.45, 7) is 5.28. The summed E-state index contributed by atoms with van der Waals surface area (Å²) in [6, 6.07) is 4.58. The number of sulfonamides is 1. The fourth-order valence-corrected chi connectivity index (χ4v) is 6.99. The van der Waals surface area contributed by atoms with E-state index in [0.29, 0.717) is 24.7 Å². The maximum atomic E-state index is 13.0. The topological polar surface area (TPSA) is 57.7 Å². The van der Waals surface area contributed by atoms with Crippen LogP contribution in [0.2, 0.25) is 0 Å². The van der Waals surface area contributed by atoms with Gasteiger partial charge < -0.3 is 4.90 Å². The van der Waals surface area contributed by atoms with Gasteiger partial charge >= 0.3 is 0 Å². The Kier molecular flexibility index (Phi) is 5.48. The molecule has 2 saturated heterocycles. The molecule has 0 aromatic heterocycles. The van der Waals surface area contributed by atoms with Crippen LogP contribution in [0.25, 0.3) is 0 Å². The van der Waals surface area contributed by atoms with E-state index in [1.54, 1.807) is 12.1 Å². The predicted molar refractivity (Wildman–Crippen MR) is 100.0 cm³/mol. The molecule has 8 heteroatoms. The first kappa shape index (κ1) is 18.1. The molecule has 1 aromatic rings. The molecule has 1 aromatic carbocycles. The van der Waals surface area contributed by atoms with Crippen molar-refractivity contribution in [3.8, 4) is 0 Å². The van der Waals surface area contributed by atoms with E-state index in [2.05, 4.69) is 0 Å². The molecule has 2 aliphatic heterocycles. The Morgan fingerprint density at radius 2 is 1.83 bits per heavy atom. The van der Waals surface area contributed by atoms with E-state index in [1.165, 1.54) is 16.1 Å². The second-order valence-electron chi connectivity index (χ2n) is 6.09. The van der Waals surface area contributed by atoms with E-state index in [-0.39, 0.29) is 10.8 Å². The van der Waals surface area contributed by atoms with Crippen LogP contribution in [0.15, 0.2) is 23.1 Å². The SMILES string of the molecule is Cc1ccc(S(=O)(=O)N2CSCC2C(=O)N2CCSCC2)cc1C. The van der Waals surface area contributed by atoms with E-state index < -0.39 is 16.1 Å². The average molecular weight is 387 g/mol. The monoisotopic (exact) mass is 386 g/mol. The minimum atomic E-state index is -3.65. The highest BCUT2D eigenvalue weighted by Gasteiger charge is 2.41. The highest BCUT2D eigenvalue weighted by Crippen LogP contribution is 2.30. The smallest absolute Gasteiger partial charge is 0.244 e. The zero-order valence-corrected chi connectivity index (χ0v) is 16.3. The van der Waals surface area contributed by atoms with Crippen LogP contribution in [0.3, 0.4) is 0 Å². The number of carbonyl (C=O) groups is 1. The van der Waals surface area contributed by atoms with Crippen LogP contribution in [-0.4, -0.2) is 65.8 Å². The van der Waals surface area contributed by atoms with E-state index in [9.17, 15) is 13.2 Å². The average Bonchev–Trinajstić information content (AvgIpc) is 3.08. The number of amides is 1. The van der Waals surface area contributed by atoms with Crippen molar-refractivity contribution < 1.29 is 13.2 Å². The van der Waals surface area contributed by atoms with Crippen LogP contribution in [-0.2, 0) is 14.8 Å². The second kappa shape index (κ2) is 7.27. The second-order valence-corrected chi connectivity index (χ2v) is 10.2. The van der Waals surface area contributed by atoms with Crippen molar-refractivity contribution in [2.24, 2.45) is 0 Å². The first-order valence-corrected chi connectivity index (χ1v) is 11.7. The molecule has 1 unspecified atom stereocenters. The number of nitrogens with zero attached hydrogens (tertiary/aromatic N) is 2. The molecular formula is C16H22N2O3S3. The van der Waals surface area contributed by atoms with Gasteiger partial charge in [0.2, 0.25) is 15.9 Å². The summed E-state index contributed by atoms with van der Waals surface area (Å²) in [5.41, 5.74) is 2.00.